The highest BCUT2D eigenvalue weighted by atomic mass is 19.1. The van der Waals surface area contributed by atoms with Gasteiger partial charge in [0, 0.05) is 31.7 Å². The molecule has 2 amide bonds. The first kappa shape index (κ1) is 18.9. The van der Waals surface area contributed by atoms with E-state index in [-0.39, 0.29) is 18.4 Å². The highest BCUT2D eigenvalue weighted by molar-refractivity contribution is 5.94. The molecule has 1 saturated heterocycles. The van der Waals surface area contributed by atoms with Crippen molar-refractivity contribution in [3.05, 3.63) is 65.0 Å². The van der Waals surface area contributed by atoms with Gasteiger partial charge in [0.1, 0.15) is 11.6 Å². The summed E-state index contributed by atoms with van der Waals surface area (Å²) in [5, 5.41) is 0. The summed E-state index contributed by atoms with van der Waals surface area (Å²) < 4.78 is 19.0. The van der Waals surface area contributed by atoms with Crippen LogP contribution in [0.4, 0.5) is 4.39 Å². The molecule has 27 heavy (non-hydrogen) atoms. The predicted molar refractivity (Wildman–Crippen MR) is 100 cm³/mol. The predicted octanol–water partition coefficient (Wildman–Crippen LogP) is 2.81. The van der Waals surface area contributed by atoms with Crippen LogP contribution >= 0.6 is 0 Å². The Morgan fingerprint density at radius 3 is 2.37 bits per heavy atom. The summed E-state index contributed by atoms with van der Waals surface area (Å²) in [6.45, 7) is 5.66. The van der Waals surface area contributed by atoms with Gasteiger partial charge in [-0.05, 0) is 49.2 Å². The molecule has 0 aromatic heterocycles. The first-order valence-corrected chi connectivity index (χ1v) is 8.97. The number of halogens is 1. The summed E-state index contributed by atoms with van der Waals surface area (Å²) in [6, 6.07) is 11.4. The largest absolute Gasteiger partial charge is 0.483 e. The molecular weight excluding hydrogens is 347 g/mol. The fourth-order valence-corrected chi connectivity index (χ4v) is 3.07. The van der Waals surface area contributed by atoms with Crippen LogP contribution in [0.15, 0.2) is 42.5 Å². The lowest BCUT2D eigenvalue weighted by Gasteiger charge is -2.34. The van der Waals surface area contributed by atoms with Crippen LogP contribution < -0.4 is 4.74 Å². The van der Waals surface area contributed by atoms with Gasteiger partial charge in [0.2, 0.25) is 0 Å². The Labute approximate surface area is 158 Å². The number of nitrogens with zero attached hydrogens (tertiary/aromatic N) is 2. The van der Waals surface area contributed by atoms with Crippen molar-refractivity contribution in [2.24, 2.45) is 0 Å². The van der Waals surface area contributed by atoms with Crippen molar-refractivity contribution in [1.82, 2.24) is 9.80 Å². The zero-order chi connectivity index (χ0) is 19.4. The van der Waals surface area contributed by atoms with Gasteiger partial charge in [-0.1, -0.05) is 18.2 Å². The molecule has 2 aromatic rings. The number of hydrogen-bond acceptors (Lipinski definition) is 3. The zero-order valence-electron chi connectivity index (χ0n) is 15.6. The van der Waals surface area contributed by atoms with Crippen LogP contribution in [-0.4, -0.2) is 54.4 Å². The molecule has 1 aliphatic rings. The normalized spacial score (nSPS) is 14.2. The third-order valence-electron chi connectivity index (χ3n) is 4.90. The molecule has 0 unspecified atom stereocenters. The summed E-state index contributed by atoms with van der Waals surface area (Å²) in [4.78, 5) is 28.2. The van der Waals surface area contributed by atoms with Gasteiger partial charge in [0.05, 0.1) is 0 Å². The van der Waals surface area contributed by atoms with E-state index in [1.807, 2.05) is 32.0 Å². The van der Waals surface area contributed by atoms with E-state index in [0.29, 0.717) is 37.5 Å². The maximum atomic E-state index is 13.3. The monoisotopic (exact) mass is 370 g/mol. The van der Waals surface area contributed by atoms with Crippen LogP contribution in [-0.2, 0) is 4.79 Å². The molecular formula is C21H23FN2O3. The molecule has 5 nitrogen and oxygen atoms in total. The van der Waals surface area contributed by atoms with Gasteiger partial charge in [-0.15, -0.1) is 0 Å². The van der Waals surface area contributed by atoms with E-state index in [1.165, 1.54) is 18.2 Å². The van der Waals surface area contributed by atoms with E-state index in [4.69, 9.17) is 4.74 Å². The van der Waals surface area contributed by atoms with E-state index >= 15 is 0 Å². The van der Waals surface area contributed by atoms with E-state index < -0.39 is 5.82 Å². The Bertz CT molecular complexity index is 845. The maximum Gasteiger partial charge on any atom is 0.260 e. The highest BCUT2D eigenvalue weighted by Gasteiger charge is 2.25. The van der Waals surface area contributed by atoms with Gasteiger partial charge in [0.25, 0.3) is 11.8 Å². The molecule has 3 rings (SSSR count). The number of carbonyl (C=O) groups is 2. The first-order valence-electron chi connectivity index (χ1n) is 8.97. The number of piperazine rings is 1. The third-order valence-corrected chi connectivity index (χ3v) is 4.90. The Kier molecular flexibility index (Phi) is 5.74. The van der Waals surface area contributed by atoms with Crippen LogP contribution in [0.5, 0.6) is 5.75 Å². The molecule has 0 bridgehead atoms. The molecule has 0 atom stereocenters. The van der Waals surface area contributed by atoms with Crippen molar-refractivity contribution in [2.75, 3.05) is 32.8 Å². The molecule has 0 N–H and O–H groups in total. The summed E-state index contributed by atoms with van der Waals surface area (Å²) in [5.74, 6) is -0.0384. The molecule has 1 fully saturated rings. The minimum absolute atomic E-state index is 0.0257. The smallest absolute Gasteiger partial charge is 0.260 e. The Morgan fingerprint density at radius 1 is 1.00 bits per heavy atom. The topological polar surface area (TPSA) is 49.9 Å². The lowest BCUT2D eigenvalue weighted by atomic mass is 10.1. The molecule has 6 heteroatoms. The van der Waals surface area contributed by atoms with Gasteiger partial charge in [0.15, 0.2) is 6.61 Å². The van der Waals surface area contributed by atoms with Crippen LogP contribution in [0.2, 0.25) is 0 Å². The van der Waals surface area contributed by atoms with Crippen LogP contribution in [0.1, 0.15) is 21.5 Å². The average Bonchev–Trinajstić information content (AvgIpc) is 2.68. The van der Waals surface area contributed by atoms with Crippen molar-refractivity contribution in [1.29, 1.82) is 0 Å². The summed E-state index contributed by atoms with van der Waals surface area (Å²) in [6.07, 6.45) is 0. The molecule has 0 spiro atoms. The van der Waals surface area contributed by atoms with E-state index in [0.717, 1.165) is 11.1 Å². The third kappa shape index (κ3) is 4.45. The van der Waals surface area contributed by atoms with Crippen molar-refractivity contribution in [3.63, 3.8) is 0 Å². The maximum absolute atomic E-state index is 13.3. The Balaban J connectivity index is 1.52. The lowest BCUT2D eigenvalue weighted by Crippen LogP contribution is -2.51. The van der Waals surface area contributed by atoms with Crippen LogP contribution in [0, 0.1) is 19.7 Å². The van der Waals surface area contributed by atoms with Crippen molar-refractivity contribution in [2.45, 2.75) is 13.8 Å². The fourth-order valence-electron chi connectivity index (χ4n) is 3.07. The SMILES string of the molecule is Cc1cccc(OCC(=O)N2CCN(C(=O)c3cccc(F)c3)CC2)c1C. The van der Waals surface area contributed by atoms with Crippen molar-refractivity contribution >= 4 is 11.8 Å². The molecule has 2 aromatic carbocycles. The average molecular weight is 370 g/mol. The van der Waals surface area contributed by atoms with Gasteiger partial charge >= 0.3 is 0 Å². The number of carbonyl (C=O) groups excluding carboxylic acids is 2. The zero-order valence-corrected chi connectivity index (χ0v) is 15.6. The minimum atomic E-state index is -0.432. The number of ether oxygens (including phenoxy) is 1. The van der Waals surface area contributed by atoms with Crippen LogP contribution in [0.25, 0.3) is 0 Å². The van der Waals surface area contributed by atoms with Crippen molar-refractivity contribution in [3.8, 4) is 5.75 Å². The summed E-state index contributed by atoms with van der Waals surface area (Å²) >= 11 is 0. The summed E-state index contributed by atoms with van der Waals surface area (Å²) in [7, 11) is 0. The highest BCUT2D eigenvalue weighted by Crippen LogP contribution is 2.20. The quantitative estimate of drug-likeness (QED) is 0.832. The van der Waals surface area contributed by atoms with Gasteiger partial charge in [-0.25, -0.2) is 4.39 Å². The number of hydrogen-bond donors (Lipinski definition) is 0. The molecule has 0 aliphatic carbocycles. The second-order valence-electron chi connectivity index (χ2n) is 6.67. The Morgan fingerprint density at radius 2 is 1.67 bits per heavy atom. The first-order chi connectivity index (χ1) is 13.0. The number of benzene rings is 2. The van der Waals surface area contributed by atoms with E-state index in [2.05, 4.69) is 0 Å². The van der Waals surface area contributed by atoms with E-state index in [9.17, 15) is 14.0 Å². The molecule has 1 heterocycles. The minimum Gasteiger partial charge on any atom is -0.483 e. The lowest BCUT2D eigenvalue weighted by molar-refractivity contribution is -0.134. The molecule has 1 aliphatic heterocycles. The number of aryl methyl sites for hydroxylation is 1. The van der Waals surface area contributed by atoms with Crippen LogP contribution in [0.3, 0.4) is 0 Å². The number of amides is 2. The van der Waals surface area contributed by atoms with Gasteiger partial charge in [-0.2, -0.15) is 0 Å². The molecule has 0 radical (unpaired) electrons. The number of rotatable bonds is 4. The second-order valence-corrected chi connectivity index (χ2v) is 6.67. The van der Waals surface area contributed by atoms with E-state index in [1.54, 1.807) is 15.9 Å². The summed E-state index contributed by atoms with van der Waals surface area (Å²) in [5.41, 5.74) is 2.47. The molecule has 0 saturated carbocycles. The van der Waals surface area contributed by atoms with Gasteiger partial charge < -0.3 is 14.5 Å². The molecule has 142 valence electrons. The Hall–Kier alpha value is -2.89. The second kappa shape index (κ2) is 8.20. The van der Waals surface area contributed by atoms with Crippen molar-refractivity contribution < 1.29 is 18.7 Å². The standard InChI is InChI=1S/C21H23FN2O3/c1-15-5-3-8-19(16(15)2)27-14-20(25)23-9-11-24(12-10-23)21(26)17-6-4-7-18(22)13-17/h3-8,13H,9-12,14H2,1-2H3. The van der Waals surface area contributed by atoms with Gasteiger partial charge in [-0.3, -0.25) is 9.59 Å². The fraction of sp³-hybridized carbons (Fsp3) is 0.333.